The highest BCUT2D eigenvalue weighted by Crippen LogP contribution is 2.46. The van der Waals surface area contributed by atoms with Crippen molar-refractivity contribution in [3.63, 3.8) is 0 Å². The molecule has 0 fully saturated rings. The highest BCUT2D eigenvalue weighted by Gasteiger charge is 2.17. The van der Waals surface area contributed by atoms with Gasteiger partial charge in [-0.1, -0.05) is 23.9 Å². The van der Waals surface area contributed by atoms with Crippen LogP contribution in [0.5, 0.6) is 5.75 Å². The van der Waals surface area contributed by atoms with Gasteiger partial charge in [0.1, 0.15) is 5.75 Å². The second-order valence-corrected chi connectivity index (χ2v) is 4.37. The van der Waals surface area contributed by atoms with Crippen molar-refractivity contribution in [1.82, 2.24) is 0 Å². The zero-order valence-electron chi connectivity index (χ0n) is 7.82. The maximum Gasteiger partial charge on any atom is 0.148 e. The average Bonchev–Trinajstić information content (AvgIpc) is 2.27. The van der Waals surface area contributed by atoms with Gasteiger partial charge >= 0.3 is 0 Å². The van der Waals surface area contributed by atoms with Crippen molar-refractivity contribution in [1.29, 1.82) is 0 Å². The van der Waals surface area contributed by atoms with Gasteiger partial charge in [-0.3, -0.25) is 0 Å². The molecule has 0 aliphatic carbocycles. The molecule has 0 unspecified atom stereocenters. The molecule has 0 saturated heterocycles. The van der Waals surface area contributed by atoms with Crippen LogP contribution >= 0.6 is 11.8 Å². The zero-order valence-corrected chi connectivity index (χ0v) is 8.64. The molecule has 1 radical (unpaired) electrons. The van der Waals surface area contributed by atoms with Gasteiger partial charge in [0.15, 0.2) is 0 Å². The highest BCUT2D eigenvalue weighted by atomic mass is 32.2. The van der Waals surface area contributed by atoms with E-state index >= 15 is 0 Å². The predicted octanol–water partition coefficient (Wildman–Crippen LogP) is 3.40. The lowest BCUT2D eigenvalue weighted by Gasteiger charge is -2.20. The molecule has 2 aromatic rings. The van der Waals surface area contributed by atoms with Crippen LogP contribution in [0.25, 0.3) is 0 Å². The van der Waals surface area contributed by atoms with Crippen LogP contribution in [0.15, 0.2) is 46.2 Å². The third-order valence-electron chi connectivity index (χ3n) is 2.30. The van der Waals surface area contributed by atoms with Gasteiger partial charge in [0.25, 0.3) is 0 Å². The topological polar surface area (TPSA) is 32.3 Å². The van der Waals surface area contributed by atoms with Crippen molar-refractivity contribution in [2.75, 3.05) is 5.32 Å². The first-order valence-corrected chi connectivity index (χ1v) is 5.44. The van der Waals surface area contributed by atoms with Crippen molar-refractivity contribution in [2.45, 2.75) is 9.79 Å². The fraction of sp³-hybridized carbons (Fsp3) is 0. The van der Waals surface area contributed by atoms with Crippen molar-refractivity contribution in [3.05, 3.63) is 42.5 Å². The number of fused-ring (bicyclic) bond motifs is 2. The fourth-order valence-corrected chi connectivity index (χ4v) is 2.58. The Morgan fingerprint density at radius 3 is 2.93 bits per heavy atom. The Morgan fingerprint density at radius 2 is 2.00 bits per heavy atom. The van der Waals surface area contributed by atoms with Crippen LogP contribution in [0, 0.1) is 6.07 Å². The minimum Gasteiger partial charge on any atom is -0.505 e. The first kappa shape index (κ1) is 8.68. The minimum atomic E-state index is 0.175. The second kappa shape index (κ2) is 3.21. The molecule has 2 nitrogen and oxygen atoms in total. The highest BCUT2D eigenvalue weighted by molar-refractivity contribution is 7.99. The number of anilines is 2. The Bertz CT molecular complexity index is 525. The van der Waals surface area contributed by atoms with Crippen LogP contribution in [0.2, 0.25) is 0 Å². The van der Waals surface area contributed by atoms with E-state index in [1.165, 1.54) is 4.90 Å². The lowest BCUT2D eigenvalue weighted by Crippen LogP contribution is -1.99. The first-order valence-electron chi connectivity index (χ1n) is 4.62. The largest absolute Gasteiger partial charge is 0.505 e. The SMILES string of the molecule is Oc1[c]ccc2c1Nc1ccccc1S2. The van der Waals surface area contributed by atoms with Gasteiger partial charge in [-0.2, -0.15) is 0 Å². The number of benzene rings is 2. The van der Waals surface area contributed by atoms with Gasteiger partial charge in [-0.15, -0.1) is 0 Å². The Kier molecular flexibility index (Phi) is 1.86. The summed E-state index contributed by atoms with van der Waals surface area (Å²) < 4.78 is 0. The van der Waals surface area contributed by atoms with Crippen molar-refractivity contribution in [2.24, 2.45) is 0 Å². The molecule has 73 valence electrons. The zero-order chi connectivity index (χ0) is 10.3. The number of rotatable bonds is 0. The summed E-state index contributed by atoms with van der Waals surface area (Å²) in [7, 11) is 0. The molecular weight excluding hydrogens is 206 g/mol. The molecule has 0 bridgehead atoms. The van der Waals surface area contributed by atoms with Crippen LogP contribution in [-0.4, -0.2) is 5.11 Å². The first-order chi connectivity index (χ1) is 7.34. The Hall–Kier alpha value is -1.61. The second-order valence-electron chi connectivity index (χ2n) is 3.29. The molecular formula is C12H8NOS. The monoisotopic (exact) mass is 214 g/mol. The van der Waals surface area contributed by atoms with Crippen molar-refractivity contribution in [3.8, 4) is 5.75 Å². The van der Waals surface area contributed by atoms with Crippen molar-refractivity contribution < 1.29 is 5.11 Å². The van der Waals surface area contributed by atoms with E-state index in [9.17, 15) is 5.11 Å². The van der Waals surface area contributed by atoms with E-state index in [0.717, 1.165) is 16.3 Å². The number of aromatic hydroxyl groups is 1. The molecule has 0 saturated carbocycles. The van der Waals surface area contributed by atoms with Crippen LogP contribution in [0.3, 0.4) is 0 Å². The van der Waals surface area contributed by atoms with Gasteiger partial charge in [-0.05, 0) is 24.3 Å². The van der Waals surface area contributed by atoms with Crippen LogP contribution in [0.4, 0.5) is 11.4 Å². The van der Waals surface area contributed by atoms with E-state index in [2.05, 4.69) is 17.4 Å². The van der Waals surface area contributed by atoms with Gasteiger partial charge in [-0.25, -0.2) is 0 Å². The lowest BCUT2D eigenvalue weighted by atomic mass is 10.2. The summed E-state index contributed by atoms with van der Waals surface area (Å²) in [6, 6.07) is 14.5. The number of para-hydroxylation sites is 1. The van der Waals surface area contributed by atoms with E-state index in [1.807, 2.05) is 24.3 Å². The fourth-order valence-electron chi connectivity index (χ4n) is 1.59. The number of phenolic OH excluding ortho intramolecular Hbond substituents is 1. The minimum absolute atomic E-state index is 0.175. The third-order valence-corrected chi connectivity index (χ3v) is 3.44. The summed E-state index contributed by atoms with van der Waals surface area (Å²) in [5, 5.41) is 12.9. The molecule has 0 atom stereocenters. The number of hydrogen-bond donors (Lipinski definition) is 2. The van der Waals surface area contributed by atoms with E-state index < -0.39 is 0 Å². The molecule has 2 N–H and O–H groups in total. The lowest BCUT2D eigenvalue weighted by molar-refractivity contribution is 0.475. The van der Waals surface area contributed by atoms with Crippen LogP contribution < -0.4 is 5.32 Å². The maximum atomic E-state index is 9.65. The van der Waals surface area contributed by atoms with Crippen molar-refractivity contribution >= 4 is 23.1 Å². The Balaban J connectivity index is 2.15. The standard InChI is InChI=1S/C12H8NOS/c14-9-5-3-7-11-12(9)13-8-4-1-2-6-10(8)15-11/h1-4,6-7,13-14H. The average molecular weight is 214 g/mol. The van der Waals surface area contributed by atoms with E-state index in [-0.39, 0.29) is 5.75 Å². The van der Waals surface area contributed by atoms with Crippen LogP contribution in [0.1, 0.15) is 0 Å². The molecule has 3 heteroatoms. The van der Waals surface area contributed by atoms with Gasteiger partial charge in [0.2, 0.25) is 0 Å². The molecule has 2 aromatic carbocycles. The van der Waals surface area contributed by atoms with E-state index in [1.54, 1.807) is 17.8 Å². The Morgan fingerprint density at radius 1 is 1.13 bits per heavy atom. The molecule has 3 rings (SSSR count). The van der Waals surface area contributed by atoms with Crippen LogP contribution in [-0.2, 0) is 0 Å². The van der Waals surface area contributed by atoms with E-state index in [0.29, 0.717) is 0 Å². The van der Waals surface area contributed by atoms with Gasteiger partial charge < -0.3 is 10.4 Å². The summed E-state index contributed by atoms with van der Waals surface area (Å²) in [5.74, 6) is 0.175. The smallest absolute Gasteiger partial charge is 0.148 e. The summed E-state index contributed by atoms with van der Waals surface area (Å²) in [4.78, 5) is 2.21. The van der Waals surface area contributed by atoms with Gasteiger partial charge in [0.05, 0.1) is 11.4 Å². The summed E-state index contributed by atoms with van der Waals surface area (Å²) >= 11 is 1.65. The van der Waals surface area contributed by atoms with Gasteiger partial charge in [0, 0.05) is 15.9 Å². The molecule has 1 aliphatic rings. The number of phenols is 1. The number of nitrogens with one attached hydrogen (secondary N) is 1. The van der Waals surface area contributed by atoms with E-state index in [4.69, 9.17) is 0 Å². The summed E-state index contributed by atoms with van der Waals surface area (Å²) in [6.07, 6.45) is 0. The number of hydrogen-bond acceptors (Lipinski definition) is 3. The normalized spacial score (nSPS) is 12.5. The molecule has 0 amide bonds. The summed E-state index contributed by atoms with van der Waals surface area (Å²) in [6.45, 7) is 0. The maximum absolute atomic E-state index is 9.65. The molecule has 15 heavy (non-hydrogen) atoms. The molecule has 0 spiro atoms. The molecule has 0 aromatic heterocycles. The quantitative estimate of drug-likeness (QED) is 0.562. The predicted molar refractivity (Wildman–Crippen MR) is 60.8 cm³/mol. The molecule has 1 aliphatic heterocycles. The Labute approximate surface area is 91.9 Å². The third kappa shape index (κ3) is 1.36. The summed E-state index contributed by atoms with van der Waals surface area (Å²) in [5.41, 5.74) is 1.78. The molecule has 1 heterocycles.